The van der Waals surface area contributed by atoms with E-state index in [9.17, 15) is 22.4 Å². The summed E-state index contributed by atoms with van der Waals surface area (Å²) in [6, 6.07) is 17.6. The van der Waals surface area contributed by atoms with Crippen molar-refractivity contribution in [3.63, 3.8) is 0 Å². The van der Waals surface area contributed by atoms with Crippen molar-refractivity contribution in [3.8, 4) is 0 Å². The van der Waals surface area contributed by atoms with E-state index in [1.165, 1.54) is 29.2 Å². The fourth-order valence-electron chi connectivity index (χ4n) is 3.80. The second-order valence-corrected chi connectivity index (χ2v) is 12.5. The molecule has 0 aromatic heterocycles. The third-order valence-corrected chi connectivity index (χ3v) is 8.44. The van der Waals surface area contributed by atoms with Gasteiger partial charge < -0.3 is 10.2 Å². The maximum atomic E-state index is 13.8. The van der Waals surface area contributed by atoms with E-state index < -0.39 is 34.3 Å². The van der Waals surface area contributed by atoms with Crippen LogP contribution in [0, 0.1) is 18.7 Å². The van der Waals surface area contributed by atoms with Crippen molar-refractivity contribution in [1.29, 1.82) is 0 Å². The first kappa shape index (κ1) is 30.3. The van der Waals surface area contributed by atoms with Gasteiger partial charge in [0.05, 0.1) is 10.6 Å². The summed E-state index contributed by atoms with van der Waals surface area (Å²) in [7, 11) is -4.20. The molecule has 3 aromatic carbocycles. The SMILES string of the molecule is Cc1ccc(S(=O)(=O)N(CC(=O)N(Cc2ccc(Br)cc2)[C@H](C)C(=O)NCC(C)C)c2ccc(F)cc2)cc1. The smallest absolute Gasteiger partial charge is 0.264 e. The van der Waals surface area contributed by atoms with Gasteiger partial charge in [-0.2, -0.15) is 0 Å². The molecule has 1 atom stereocenters. The van der Waals surface area contributed by atoms with Gasteiger partial charge in [0.2, 0.25) is 11.8 Å². The molecule has 39 heavy (non-hydrogen) atoms. The lowest BCUT2D eigenvalue weighted by atomic mass is 10.1. The van der Waals surface area contributed by atoms with Crippen molar-refractivity contribution in [2.75, 3.05) is 17.4 Å². The Kier molecular flexibility index (Phi) is 10.3. The summed E-state index contributed by atoms with van der Waals surface area (Å²) in [4.78, 5) is 28.2. The Balaban J connectivity index is 2.00. The van der Waals surface area contributed by atoms with E-state index in [-0.39, 0.29) is 29.0 Å². The first-order chi connectivity index (χ1) is 18.4. The number of nitrogens with one attached hydrogen (secondary N) is 1. The van der Waals surface area contributed by atoms with Gasteiger partial charge in [0, 0.05) is 17.6 Å². The van der Waals surface area contributed by atoms with Crippen LogP contribution in [-0.2, 0) is 26.2 Å². The molecule has 1 N–H and O–H groups in total. The van der Waals surface area contributed by atoms with Gasteiger partial charge in [-0.3, -0.25) is 13.9 Å². The van der Waals surface area contributed by atoms with E-state index in [2.05, 4.69) is 21.2 Å². The Morgan fingerprint density at radius 3 is 2.08 bits per heavy atom. The Hall–Kier alpha value is -3.24. The Labute approximate surface area is 238 Å². The van der Waals surface area contributed by atoms with Gasteiger partial charge in [0.1, 0.15) is 18.4 Å². The van der Waals surface area contributed by atoms with Crippen LogP contribution in [0.2, 0.25) is 0 Å². The van der Waals surface area contributed by atoms with Crippen LogP contribution in [0.1, 0.15) is 31.9 Å². The fraction of sp³-hybridized carbons (Fsp3) is 0.310. The van der Waals surface area contributed by atoms with Crippen molar-refractivity contribution < 1.29 is 22.4 Å². The Bertz CT molecular complexity index is 1380. The van der Waals surface area contributed by atoms with E-state index in [4.69, 9.17) is 0 Å². The number of anilines is 1. The average molecular weight is 619 g/mol. The van der Waals surface area contributed by atoms with Gasteiger partial charge in [-0.05, 0) is 73.9 Å². The van der Waals surface area contributed by atoms with Crippen molar-refractivity contribution in [1.82, 2.24) is 10.2 Å². The molecule has 0 heterocycles. The number of aryl methyl sites for hydroxylation is 1. The van der Waals surface area contributed by atoms with Crippen molar-refractivity contribution in [3.05, 3.63) is 94.2 Å². The number of rotatable bonds is 11. The van der Waals surface area contributed by atoms with Gasteiger partial charge in [-0.15, -0.1) is 0 Å². The third kappa shape index (κ3) is 8.12. The highest BCUT2D eigenvalue weighted by molar-refractivity contribution is 9.10. The van der Waals surface area contributed by atoms with Gasteiger partial charge >= 0.3 is 0 Å². The number of nitrogens with zero attached hydrogens (tertiary/aromatic N) is 2. The first-order valence-electron chi connectivity index (χ1n) is 12.5. The number of halogens is 2. The lowest BCUT2D eigenvalue weighted by molar-refractivity contribution is -0.139. The molecule has 0 saturated carbocycles. The van der Waals surface area contributed by atoms with Crippen LogP contribution >= 0.6 is 15.9 Å². The van der Waals surface area contributed by atoms with Gasteiger partial charge in [0.25, 0.3) is 10.0 Å². The molecule has 0 aliphatic rings. The molecule has 0 aliphatic heterocycles. The number of hydrogen-bond acceptors (Lipinski definition) is 4. The number of hydrogen-bond donors (Lipinski definition) is 1. The lowest BCUT2D eigenvalue weighted by Gasteiger charge is -2.32. The first-order valence-corrected chi connectivity index (χ1v) is 14.8. The molecule has 0 bridgehead atoms. The minimum Gasteiger partial charge on any atom is -0.354 e. The van der Waals surface area contributed by atoms with Crippen LogP contribution in [0.25, 0.3) is 0 Å². The van der Waals surface area contributed by atoms with E-state index in [1.807, 2.05) is 45.0 Å². The van der Waals surface area contributed by atoms with E-state index >= 15 is 0 Å². The Morgan fingerprint density at radius 2 is 1.51 bits per heavy atom. The molecule has 7 nitrogen and oxygen atoms in total. The summed E-state index contributed by atoms with van der Waals surface area (Å²) in [5, 5.41) is 2.85. The molecule has 2 amide bonds. The number of amides is 2. The molecular formula is C29H33BrFN3O4S. The predicted molar refractivity (Wildman–Crippen MR) is 154 cm³/mol. The van der Waals surface area contributed by atoms with Crippen molar-refractivity contribution in [2.24, 2.45) is 5.92 Å². The fourth-order valence-corrected chi connectivity index (χ4v) is 5.47. The van der Waals surface area contributed by atoms with Gasteiger partial charge in [-0.1, -0.05) is 59.6 Å². The highest BCUT2D eigenvalue weighted by Crippen LogP contribution is 2.25. The maximum Gasteiger partial charge on any atom is 0.264 e. The zero-order valence-corrected chi connectivity index (χ0v) is 24.8. The minimum absolute atomic E-state index is 0.00703. The number of carbonyl (C=O) groups is 2. The standard InChI is InChI=1S/C29H33BrFN3O4S/c1-20(2)17-32-29(36)22(4)33(18-23-7-9-24(30)10-8-23)28(35)19-34(26-13-11-25(31)12-14-26)39(37,38)27-15-5-21(3)6-16-27/h5-16,20,22H,17-19H2,1-4H3,(H,32,36)/t22-/m1/s1. The van der Waals surface area contributed by atoms with Crippen LogP contribution in [-0.4, -0.2) is 44.3 Å². The number of benzene rings is 3. The molecule has 0 fully saturated rings. The van der Waals surface area contributed by atoms with Crippen LogP contribution in [0.15, 0.2) is 82.2 Å². The molecule has 3 aromatic rings. The molecule has 0 radical (unpaired) electrons. The zero-order valence-electron chi connectivity index (χ0n) is 22.4. The summed E-state index contributed by atoms with van der Waals surface area (Å²) < 4.78 is 43.0. The van der Waals surface area contributed by atoms with Crippen LogP contribution in [0.4, 0.5) is 10.1 Å². The number of sulfonamides is 1. The van der Waals surface area contributed by atoms with Crippen LogP contribution < -0.4 is 9.62 Å². The average Bonchev–Trinajstić information content (AvgIpc) is 2.90. The maximum absolute atomic E-state index is 13.8. The minimum atomic E-state index is -4.20. The second-order valence-electron chi connectivity index (χ2n) is 9.76. The molecule has 0 spiro atoms. The number of carbonyl (C=O) groups excluding carboxylic acids is 2. The highest BCUT2D eigenvalue weighted by Gasteiger charge is 2.32. The summed E-state index contributed by atoms with van der Waals surface area (Å²) in [6.07, 6.45) is 0. The van der Waals surface area contributed by atoms with Crippen molar-refractivity contribution in [2.45, 2.75) is 45.2 Å². The molecule has 0 aliphatic carbocycles. The molecule has 3 rings (SSSR count). The second kappa shape index (κ2) is 13.2. The van der Waals surface area contributed by atoms with Crippen LogP contribution in [0.5, 0.6) is 0 Å². The lowest BCUT2D eigenvalue weighted by Crippen LogP contribution is -2.51. The van der Waals surface area contributed by atoms with E-state index in [0.29, 0.717) is 6.54 Å². The summed E-state index contributed by atoms with van der Waals surface area (Å²) in [5.41, 5.74) is 1.77. The van der Waals surface area contributed by atoms with E-state index in [0.717, 1.165) is 32.0 Å². The normalized spacial score (nSPS) is 12.2. The quantitative estimate of drug-likeness (QED) is 0.317. The topological polar surface area (TPSA) is 86.8 Å². The Morgan fingerprint density at radius 1 is 0.923 bits per heavy atom. The van der Waals surface area contributed by atoms with Crippen molar-refractivity contribution >= 4 is 43.5 Å². The predicted octanol–water partition coefficient (Wildman–Crippen LogP) is 5.28. The molecule has 0 unspecified atom stereocenters. The largest absolute Gasteiger partial charge is 0.354 e. The highest BCUT2D eigenvalue weighted by atomic mass is 79.9. The third-order valence-electron chi connectivity index (χ3n) is 6.12. The van der Waals surface area contributed by atoms with Gasteiger partial charge in [0.15, 0.2) is 0 Å². The van der Waals surface area contributed by atoms with E-state index in [1.54, 1.807) is 19.1 Å². The van der Waals surface area contributed by atoms with Gasteiger partial charge in [-0.25, -0.2) is 12.8 Å². The van der Waals surface area contributed by atoms with Crippen LogP contribution in [0.3, 0.4) is 0 Å². The summed E-state index contributed by atoms with van der Waals surface area (Å²) >= 11 is 3.39. The molecule has 10 heteroatoms. The molecule has 0 saturated heterocycles. The molecular weight excluding hydrogens is 585 g/mol. The molecule has 208 valence electrons. The summed E-state index contributed by atoms with van der Waals surface area (Å²) in [6.45, 7) is 7.32. The zero-order chi connectivity index (χ0) is 28.7. The summed E-state index contributed by atoms with van der Waals surface area (Å²) in [5.74, 6) is -1.25. The monoisotopic (exact) mass is 617 g/mol.